The van der Waals surface area contributed by atoms with Crippen molar-refractivity contribution in [2.24, 2.45) is 46.3 Å². The highest BCUT2D eigenvalue weighted by Crippen LogP contribution is 2.68. The maximum absolute atomic E-state index is 12.1. The largest absolute Gasteiger partial charge is 0.393 e. The molecule has 4 fully saturated rings. The fourth-order valence-electron chi connectivity index (χ4n) is 10.7. The van der Waals surface area contributed by atoms with Gasteiger partial charge in [0.15, 0.2) is 0 Å². The minimum atomic E-state index is -1.05. The van der Waals surface area contributed by atoms with Gasteiger partial charge in [0, 0.05) is 0 Å². The van der Waals surface area contributed by atoms with E-state index in [9.17, 15) is 20.4 Å². The molecule has 4 aliphatic rings. The van der Waals surface area contributed by atoms with Crippen LogP contribution in [0.25, 0.3) is 0 Å². The van der Waals surface area contributed by atoms with Crippen molar-refractivity contribution in [3.63, 3.8) is 0 Å². The summed E-state index contributed by atoms with van der Waals surface area (Å²) < 4.78 is 0. The molecule has 0 aromatic heterocycles. The molecule has 0 radical (unpaired) electrons. The van der Waals surface area contributed by atoms with E-state index in [1.807, 2.05) is 60.7 Å². The Hall–Kier alpha value is -1.72. The van der Waals surface area contributed by atoms with Crippen LogP contribution < -0.4 is 0 Å². The first-order chi connectivity index (χ1) is 19.1. The van der Waals surface area contributed by atoms with Crippen LogP contribution in [0.2, 0.25) is 0 Å². The molecule has 2 aromatic carbocycles. The highest BCUT2D eigenvalue weighted by Gasteiger charge is 2.65. The molecule has 0 saturated heterocycles. The van der Waals surface area contributed by atoms with Gasteiger partial charge < -0.3 is 20.4 Å². The first-order valence-electron chi connectivity index (χ1n) is 16.0. The lowest BCUT2D eigenvalue weighted by Gasteiger charge is -2.63. The van der Waals surface area contributed by atoms with Crippen LogP contribution in [-0.4, -0.2) is 38.7 Å². The molecule has 0 heterocycles. The zero-order valence-electron chi connectivity index (χ0n) is 24.6. The van der Waals surface area contributed by atoms with E-state index < -0.39 is 5.60 Å². The Morgan fingerprint density at radius 2 is 1.45 bits per heavy atom. The fraction of sp³-hybridized carbons (Fsp3) is 0.667. The smallest absolute Gasteiger partial charge is 0.115 e. The maximum atomic E-state index is 12.1. The second kappa shape index (κ2) is 10.5. The highest BCUT2D eigenvalue weighted by molar-refractivity contribution is 5.35. The molecular weight excluding hydrogens is 496 g/mol. The molecule has 0 spiro atoms. The minimum absolute atomic E-state index is 0.0942. The van der Waals surface area contributed by atoms with Crippen molar-refractivity contribution in [2.75, 3.05) is 0 Å². The fourth-order valence-corrected chi connectivity index (χ4v) is 10.7. The van der Waals surface area contributed by atoms with Crippen LogP contribution in [0.5, 0.6) is 0 Å². The molecule has 4 heteroatoms. The number of aliphatic hydroxyl groups is 4. The Bertz CT molecular complexity index is 1110. The van der Waals surface area contributed by atoms with Crippen LogP contribution in [0, 0.1) is 46.3 Å². The second-order valence-electron chi connectivity index (χ2n) is 14.6. The van der Waals surface area contributed by atoms with Crippen molar-refractivity contribution in [3.8, 4) is 0 Å². The summed E-state index contributed by atoms with van der Waals surface area (Å²) in [5, 5.41) is 46.1. The molecular formula is C36H50O4. The third-order valence-corrected chi connectivity index (χ3v) is 13.0. The van der Waals surface area contributed by atoms with Crippen molar-refractivity contribution in [1.29, 1.82) is 0 Å². The van der Waals surface area contributed by atoms with Gasteiger partial charge in [-0.15, -0.1) is 0 Å². The number of benzene rings is 2. The van der Waals surface area contributed by atoms with E-state index in [1.165, 1.54) is 0 Å². The van der Waals surface area contributed by atoms with Crippen molar-refractivity contribution in [2.45, 2.75) is 102 Å². The minimum Gasteiger partial charge on any atom is -0.393 e. The predicted octanol–water partition coefficient (Wildman–Crippen LogP) is 6.30. The molecule has 4 saturated carbocycles. The molecule has 0 amide bonds. The van der Waals surface area contributed by atoms with E-state index in [4.69, 9.17) is 0 Å². The van der Waals surface area contributed by atoms with Gasteiger partial charge in [-0.1, -0.05) is 81.4 Å². The zero-order valence-corrected chi connectivity index (χ0v) is 24.6. The predicted molar refractivity (Wildman–Crippen MR) is 158 cm³/mol. The Kier molecular flexibility index (Phi) is 7.47. The van der Waals surface area contributed by atoms with Crippen molar-refractivity contribution >= 4 is 0 Å². The summed E-state index contributed by atoms with van der Waals surface area (Å²) in [6, 6.07) is 20.1. The Labute approximate surface area is 240 Å². The SMILES string of the molecule is C[C@@H](CCC(O)(c1ccccc1)c1ccccc1)[C@@H]1CC[C@@H]2[C@H]3[C@H](O)C[C@@H]4C[C@@H](O)CC[C@]4(C)[C@H]3C[C@@H](O)[C@@]21C. The van der Waals surface area contributed by atoms with Gasteiger partial charge in [-0.05, 0) is 115 Å². The highest BCUT2D eigenvalue weighted by atomic mass is 16.3. The molecule has 2 aromatic rings. The van der Waals surface area contributed by atoms with Gasteiger partial charge >= 0.3 is 0 Å². The summed E-state index contributed by atoms with van der Waals surface area (Å²) in [6.07, 6.45) is 6.85. The van der Waals surface area contributed by atoms with E-state index in [0.717, 1.165) is 62.5 Å². The second-order valence-corrected chi connectivity index (χ2v) is 14.6. The molecule has 4 aliphatic carbocycles. The average Bonchev–Trinajstić information content (AvgIpc) is 3.32. The molecule has 218 valence electrons. The van der Waals surface area contributed by atoms with Gasteiger partial charge in [0.25, 0.3) is 0 Å². The summed E-state index contributed by atoms with van der Waals surface area (Å²) in [4.78, 5) is 0. The summed E-state index contributed by atoms with van der Waals surface area (Å²) in [5.41, 5.74) is 0.666. The van der Waals surface area contributed by atoms with Crippen LogP contribution in [0.1, 0.15) is 89.7 Å². The molecule has 0 bridgehead atoms. The Morgan fingerprint density at radius 3 is 2.08 bits per heavy atom. The molecule has 4 nitrogen and oxygen atoms in total. The van der Waals surface area contributed by atoms with Gasteiger partial charge in [0.05, 0.1) is 18.3 Å². The van der Waals surface area contributed by atoms with E-state index in [0.29, 0.717) is 36.0 Å². The number of fused-ring (bicyclic) bond motifs is 5. The monoisotopic (exact) mass is 546 g/mol. The summed E-state index contributed by atoms with van der Waals surface area (Å²) in [6.45, 7) is 7.04. The quantitative estimate of drug-likeness (QED) is 0.343. The third kappa shape index (κ3) is 4.40. The van der Waals surface area contributed by atoms with Crippen molar-refractivity contribution in [1.82, 2.24) is 0 Å². The Balaban J connectivity index is 1.24. The molecule has 4 N–H and O–H groups in total. The number of aliphatic hydroxyl groups excluding tert-OH is 3. The Morgan fingerprint density at radius 1 is 0.825 bits per heavy atom. The van der Waals surface area contributed by atoms with E-state index in [2.05, 4.69) is 20.8 Å². The molecule has 0 aliphatic heterocycles. The van der Waals surface area contributed by atoms with Gasteiger partial charge in [0.2, 0.25) is 0 Å². The van der Waals surface area contributed by atoms with E-state index >= 15 is 0 Å². The van der Waals surface area contributed by atoms with Crippen LogP contribution in [0.4, 0.5) is 0 Å². The number of hydrogen-bond donors (Lipinski definition) is 4. The average molecular weight is 547 g/mol. The first-order valence-corrected chi connectivity index (χ1v) is 16.0. The lowest BCUT2D eigenvalue weighted by atomic mass is 9.43. The first kappa shape index (κ1) is 28.4. The van der Waals surface area contributed by atoms with Gasteiger partial charge in [-0.2, -0.15) is 0 Å². The standard InChI is InChI=1S/C36H50O4/c1-23(16-19-36(40,24-10-6-4-7-11-24)25-12-8-5-9-13-25)28-14-15-29-33-30(22-32(39)35(28,29)3)34(2)18-17-27(37)20-26(34)21-31(33)38/h4-13,23,26-33,37-40H,14-22H2,1-3H3/t23-,26-,27-,28-,29+,30-,31+,32+,33+,34-,35+/m0/s1. The topological polar surface area (TPSA) is 80.9 Å². The summed E-state index contributed by atoms with van der Waals surface area (Å²) >= 11 is 0. The van der Waals surface area contributed by atoms with E-state index in [1.54, 1.807) is 0 Å². The molecule has 40 heavy (non-hydrogen) atoms. The normalized spacial score (nSPS) is 42.0. The number of rotatable bonds is 6. The zero-order chi connectivity index (χ0) is 28.3. The van der Waals surface area contributed by atoms with Crippen molar-refractivity contribution < 1.29 is 20.4 Å². The van der Waals surface area contributed by atoms with Gasteiger partial charge in [0.1, 0.15) is 5.60 Å². The lowest BCUT2D eigenvalue weighted by molar-refractivity contribution is -0.207. The van der Waals surface area contributed by atoms with Crippen LogP contribution in [-0.2, 0) is 5.60 Å². The van der Waals surface area contributed by atoms with Crippen LogP contribution >= 0.6 is 0 Å². The van der Waals surface area contributed by atoms with Gasteiger partial charge in [-0.25, -0.2) is 0 Å². The van der Waals surface area contributed by atoms with Gasteiger partial charge in [-0.3, -0.25) is 0 Å². The third-order valence-electron chi connectivity index (χ3n) is 13.0. The summed E-state index contributed by atoms with van der Waals surface area (Å²) in [5.74, 6) is 1.90. The molecule has 6 rings (SSSR count). The number of hydrogen-bond acceptors (Lipinski definition) is 4. The van der Waals surface area contributed by atoms with Crippen molar-refractivity contribution in [3.05, 3.63) is 71.8 Å². The maximum Gasteiger partial charge on any atom is 0.115 e. The van der Waals surface area contributed by atoms with Crippen LogP contribution in [0.15, 0.2) is 60.7 Å². The molecule has 11 atom stereocenters. The van der Waals surface area contributed by atoms with E-state index in [-0.39, 0.29) is 35.1 Å². The van der Waals surface area contributed by atoms with Crippen LogP contribution in [0.3, 0.4) is 0 Å². The summed E-state index contributed by atoms with van der Waals surface area (Å²) in [7, 11) is 0. The lowest BCUT2D eigenvalue weighted by Crippen LogP contribution is -2.62. The molecule has 0 unspecified atom stereocenters.